The van der Waals surface area contributed by atoms with Crippen molar-refractivity contribution in [2.45, 2.75) is 65.6 Å². The predicted octanol–water partition coefficient (Wildman–Crippen LogP) is 1.45. The molecule has 0 N–H and O–H groups in total. The van der Waals surface area contributed by atoms with E-state index in [1.807, 2.05) is 16.5 Å². The Balaban J connectivity index is 1.87. The minimum Gasteiger partial charge on any atom is -0.383 e. The fourth-order valence-corrected chi connectivity index (χ4v) is 3.74. The van der Waals surface area contributed by atoms with Gasteiger partial charge < -0.3 is 9.64 Å². The lowest BCUT2D eigenvalue weighted by molar-refractivity contribution is -0.134. The zero-order valence-electron chi connectivity index (χ0n) is 16.7. The van der Waals surface area contributed by atoms with E-state index in [1.54, 1.807) is 11.8 Å². The van der Waals surface area contributed by atoms with E-state index in [0.717, 1.165) is 49.3 Å². The first-order valence-electron chi connectivity index (χ1n) is 9.63. The molecule has 2 aromatic heterocycles. The van der Waals surface area contributed by atoms with Crippen LogP contribution in [-0.2, 0) is 29.2 Å². The Labute approximate surface area is 159 Å². The molecule has 148 valence electrons. The molecule has 2 aromatic rings. The number of fused-ring (bicyclic) bond motifs is 1. The van der Waals surface area contributed by atoms with E-state index in [-0.39, 0.29) is 11.8 Å². The summed E-state index contributed by atoms with van der Waals surface area (Å²) in [6, 6.07) is 0. The van der Waals surface area contributed by atoms with Gasteiger partial charge in [0.15, 0.2) is 5.82 Å². The van der Waals surface area contributed by atoms with Crippen molar-refractivity contribution in [1.29, 1.82) is 0 Å². The smallest absolute Gasteiger partial charge is 0.233 e. The maximum atomic E-state index is 13.5. The summed E-state index contributed by atoms with van der Waals surface area (Å²) in [4.78, 5) is 15.3. The third kappa shape index (κ3) is 4.02. The van der Waals surface area contributed by atoms with Crippen LogP contribution in [0.25, 0.3) is 0 Å². The van der Waals surface area contributed by atoms with Gasteiger partial charge >= 0.3 is 0 Å². The van der Waals surface area contributed by atoms with E-state index in [4.69, 9.17) is 4.74 Å². The van der Waals surface area contributed by atoms with E-state index in [2.05, 4.69) is 34.5 Å². The zero-order chi connectivity index (χ0) is 19.4. The summed E-state index contributed by atoms with van der Waals surface area (Å²) in [7, 11) is 1.65. The average Bonchev–Trinajstić information content (AvgIpc) is 3.16. The molecule has 0 spiro atoms. The minimum absolute atomic E-state index is 0.0630. The normalized spacial score (nSPS) is 16.8. The van der Waals surface area contributed by atoms with Gasteiger partial charge in [-0.3, -0.25) is 9.48 Å². The second kappa shape index (κ2) is 8.60. The number of rotatable bonds is 7. The van der Waals surface area contributed by atoms with Crippen LogP contribution in [0.4, 0.5) is 0 Å². The van der Waals surface area contributed by atoms with Crippen LogP contribution in [0, 0.1) is 13.8 Å². The molecule has 3 rings (SSSR count). The molecule has 1 unspecified atom stereocenters. The number of hydrogen-bond acceptors (Lipinski definition) is 6. The van der Waals surface area contributed by atoms with Gasteiger partial charge in [0.2, 0.25) is 5.91 Å². The molecular weight excluding hydrogens is 346 g/mol. The molecule has 1 aliphatic heterocycles. The van der Waals surface area contributed by atoms with Gasteiger partial charge in [-0.1, -0.05) is 6.42 Å². The molecule has 1 amide bonds. The summed E-state index contributed by atoms with van der Waals surface area (Å²) < 4.78 is 9.01. The van der Waals surface area contributed by atoms with E-state index in [9.17, 15) is 4.79 Å². The number of carbonyl (C=O) groups is 1. The zero-order valence-corrected chi connectivity index (χ0v) is 16.7. The Morgan fingerprint density at radius 1 is 1.33 bits per heavy atom. The Bertz CT molecular complexity index is 783. The molecule has 0 saturated heterocycles. The van der Waals surface area contributed by atoms with Crippen molar-refractivity contribution in [2.24, 2.45) is 0 Å². The van der Waals surface area contributed by atoms with Crippen molar-refractivity contribution in [3.8, 4) is 0 Å². The molecule has 0 aliphatic carbocycles. The number of ether oxygens (including phenoxy) is 1. The van der Waals surface area contributed by atoms with Crippen molar-refractivity contribution in [3.63, 3.8) is 0 Å². The molecule has 1 atom stereocenters. The second-order valence-electron chi connectivity index (χ2n) is 7.03. The van der Waals surface area contributed by atoms with Crippen LogP contribution in [0.1, 0.15) is 54.9 Å². The highest BCUT2D eigenvalue weighted by molar-refractivity contribution is 5.83. The molecule has 27 heavy (non-hydrogen) atoms. The number of methoxy groups -OCH3 is 1. The number of nitrogens with zero attached hydrogens (tertiary/aromatic N) is 7. The van der Waals surface area contributed by atoms with Crippen molar-refractivity contribution in [2.75, 3.05) is 20.3 Å². The summed E-state index contributed by atoms with van der Waals surface area (Å²) in [5.74, 6) is 0.437. The van der Waals surface area contributed by atoms with Gasteiger partial charge in [0.1, 0.15) is 0 Å². The maximum absolute atomic E-state index is 13.5. The molecule has 1 aliphatic rings. The first kappa shape index (κ1) is 19.5. The van der Waals surface area contributed by atoms with Gasteiger partial charge in [0, 0.05) is 44.5 Å². The summed E-state index contributed by atoms with van der Waals surface area (Å²) in [5, 5.41) is 16.6. The van der Waals surface area contributed by atoms with E-state index in [1.165, 1.54) is 0 Å². The number of aryl methyl sites for hydroxylation is 3. The minimum atomic E-state index is -0.304. The molecule has 0 saturated carbocycles. The van der Waals surface area contributed by atoms with E-state index in [0.29, 0.717) is 25.5 Å². The number of hydrogen-bond donors (Lipinski definition) is 0. The molecule has 9 nitrogen and oxygen atoms in total. The van der Waals surface area contributed by atoms with Gasteiger partial charge in [-0.05, 0) is 44.0 Å². The fraction of sp³-hybridized carbons (Fsp3) is 0.722. The van der Waals surface area contributed by atoms with E-state index >= 15 is 0 Å². The van der Waals surface area contributed by atoms with Crippen molar-refractivity contribution in [1.82, 2.24) is 34.9 Å². The first-order chi connectivity index (χ1) is 13.1. The summed E-state index contributed by atoms with van der Waals surface area (Å²) in [5.41, 5.74) is 3.18. The van der Waals surface area contributed by atoms with E-state index < -0.39 is 0 Å². The van der Waals surface area contributed by atoms with Crippen molar-refractivity contribution < 1.29 is 9.53 Å². The lowest BCUT2D eigenvalue weighted by atomic mass is 10.00. The standard InChI is InChI=1S/C18H29N7O2/c1-5-24-14(3)16(13(2)20-24)12-23(10-11-27-4)18(26)15-8-6-7-9-25-17(15)19-21-22-25/h15H,5-12H2,1-4H3. The van der Waals surface area contributed by atoms with Crippen LogP contribution in [0.15, 0.2) is 0 Å². The Morgan fingerprint density at radius 2 is 2.15 bits per heavy atom. The quantitative estimate of drug-likeness (QED) is 0.727. The van der Waals surface area contributed by atoms with Gasteiger partial charge in [-0.25, -0.2) is 4.68 Å². The van der Waals surface area contributed by atoms with Crippen LogP contribution in [0.2, 0.25) is 0 Å². The highest BCUT2D eigenvalue weighted by Crippen LogP contribution is 2.27. The third-order valence-electron chi connectivity index (χ3n) is 5.34. The molecule has 0 bridgehead atoms. The third-order valence-corrected chi connectivity index (χ3v) is 5.34. The monoisotopic (exact) mass is 375 g/mol. The van der Waals surface area contributed by atoms with Crippen LogP contribution in [0.3, 0.4) is 0 Å². The summed E-state index contributed by atoms with van der Waals surface area (Å²) in [6.45, 7) is 9.26. The van der Waals surface area contributed by atoms with Gasteiger partial charge in [0.05, 0.1) is 18.2 Å². The molecule has 0 aromatic carbocycles. The molecular formula is C18H29N7O2. The van der Waals surface area contributed by atoms with Gasteiger partial charge in [0.25, 0.3) is 0 Å². The fourth-order valence-electron chi connectivity index (χ4n) is 3.74. The summed E-state index contributed by atoms with van der Waals surface area (Å²) >= 11 is 0. The SMILES string of the molecule is CCn1nc(C)c(CN(CCOC)C(=O)C2CCCCn3nnnc32)c1C. The molecule has 0 fully saturated rings. The number of aromatic nitrogens is 6. The largest absolute Gasteiger partial charge is 0.383 e. The van der Waals surface area contributed by atoms with Crippen molar-refractivity contribution >= 4 is 5.91 Å². The average molecular weight is 375 g/mol. The maximum Gasteiger partial charge on any atom is 0.233 e. The number of tetrazole rings is 1. The molecule has 3 heterocycles. The lowest BCUT2D eigenvalue weighted by Gasteiger charge is -2.26. The van der Waals surface area contributed by atoms with Crippen LogP contribution in [-0.4, -0.2) is 61.1 Å². The van der Waals surface area contributed by atoms with Crippen LogP contribution in [0.5, 0.6) is 0 Å². The van der Waals surface area contributed by atoms with Gasteiger partial charge in [-0.2, -0.15) is 5.10 Å². The Hall–Kier alpha value is -2.29. The molecule has 9 heteroatoms. The second-order valence-corrected chi connectivity index (χ2v) is 7.03. The lowest BCUT2D eigenvalue weighted by Crippen LogP contribution is -2.38. The predicted molar refractivity (Wildman–Crippen MR) is 99.1 cm³/mol. The number of amides is 1. The highest BCUT2D eigenvalue weighted by Gasteiger charge is 2.32. The summed E-state index contributed by atoms with van der Waals surface area (Å²) in [6.07, 6.45) is 2.74. The Kier molecular flexibility index (Phi) is 6.20. The van der Waals surface area contributed by atoms with Gasteiger partial charge in [-0.15, -0.1) is 5.10 Å². The Morgan fingerprint density at radius 3 is 2.85 bits per heavy atom. The molecule has 0 radical (unpaired) electrons. The first-order valence-corrected chi connectivity index (χ1v) is 9.63. The van der Waals surface area contributed by atoms with Crippen molar-refractivity contribution in [3.05, 3.63) is 22.8 Å². The van der Waals surface area contributed by atoms with Crippen LogP contribution < -0.4 is 0 Å². The van der Waals surface area contributed by atoms with Crippen LogP contribution >= 0.6 is 0 Å². The topological polar surface area (TPSA) is 91.0 Å². The highest BCUT2D eigenvalue weighted by atomic mass is 16.5. The number of carbonyl (C=O) groups excluding carboxylic acids is 1.